The first-order valence-corrected chi connectivity index (χ1v) is 7.50. The summed E-state index contributed by atoms with van der Waals surface area (Å²) in [6, 6.07) is 6.16. The molecule has 0 unspecified atom stereocenters. The lowest BCUT2D eigenvalue weighted by molar-refractivity contribution is 0.586. The van der Waals surface area contributed by atoms with Gasteiger partial charge in [0.2, 0.25) is 0 Å². The Morgan fingerprint density at radius 2 is 2.05 bits per heavy atom. The molecule has 0 bridgehead atoms. The van der Waals surface area contributed by atoms with Gasteiger partial charge in [-0.1, -0.05) is 15.9 Å². The number of hydrogen-bond donors (Lipinski definition) is 1. The third-order valence-electron chi connectivity index (χ3n) is 3.68. The second-order valence-corrected chi connectivity index (χ2v) is 5.84. The van der Waals surface area contributed by atoms with Crippen LogP contribution in [-0.4, -0.2) is 40.5 Å². The van der Waals surface area contributed by atoms with Crippen LogP contribution >= 0.6 is 15.9 Å². The summed E-state index contributed by atoms with van der Waals surface area (Å²) < 4.78 is 3.16. The van der Waals surface area contributed by atoms with Crippen molar-refractivity contribution in [1.82, 2.24) is 19.7 Å². The second-order valence-electron chi connectivity index (χ2n) is 4.93. The van der Waals surface area contributed by atoms with Crippen LogP contribution in [0, 0.1) is 0 Å². The van der Waals surface area contributed by atoms with E-state index in [9.17, 15) is 0 Å². The molecule has 1 N–H and O–H groups in total. The van der Waals surface area contributed by atoms with Crippen LogP contribution in [0.1, 0.15) is 0 Å². The second kappa shape index (κ2) is 4.71. The maximum atomic E-state index is 4.84. The molecule has 0 aliphatic carbocycles. The van der Waals surface area contributed by atoms with Crippen molar-refractivity contribution >= 4 is 38.4 Å². The van der Waals surface area contributed by atoms with Gasteiger partial charge in [-0.05, 0) is 18.2 Å². The molecule has 0 radical (unpaired) electrons. The zero-order valence-corrected chi connectivity index (χ0v) is 12.5. The van der Waals surface area contributed by atoms with Crippen LogP contribution < -0.4 is 10.2 Å². The third-order valence-corrected chi connectivity index (χ3v) is 4.17. The van der Waals surface area contributed by atoms with Gasteiger partial charge in [0.25, 0.3) is 0 Å². The summed E-state index contributed by atoms with van der Waals surface area (Å²) in [7, 11) is 0. The summed E-state index contributed by atoms with van der Waals surface area (Å²) in [5.41, 5.74) is 3.00. The molecule has 102 valence electrons. The first-order valence-electron chi connectivity index (χ1n) is 6.71. The van der Waals surface area contributed by atoms with Crippen LogP contribution in [0.25, 0.3) is 16.7 Å². The molecule has 2 aromatic heterocycles. The number of rotatable bonds is 1. The smallest absolute Gasteiger partial charge is 0.180 e. The maximum Gasteiger partial charge on any atom is 0.180 e. The Balaban J connectivity index is 1.99. The van der Waals surface area contributed by atoms with Crippen molar-refractivity contribution in [2.24, 2.45) is 0 Å². The monoisotopic (exact) mass is 331 g/mol. The van der Waals surface area contributed by atoms with Gasteiger partial charge in [0.05, 0.1) is 11.0 Å². The quantitative estimate of drug-likeness (QED) is 0.741. The third kappa shape index (κ3) is 1.87. The highest BCUT2D eigenvalue weighted by Gasteiger charge is 2.17. The highest BCUT2D eigenvalue weighted by Crippen LogP contribution is 2.25. The van der Waals surface area contributed by atoms with E-state index in [1.54, 1.807) is 0 Å². The number of nitrogens with zero attached hydrogens (tertiary/aromatic N) is 4. The molecule has 0 saturated carbocycles. The molecule has 3 aromatic rings. The van der Waals surface area contributed by atoms with E-state index in [4.69, 9.17) is 4.98 Å². The Hall–Kier alpha value is -1.66. The minimum atomic E-state index is 0.932. The fourth-order valence-corrected chi connectivity index (χ4v) is 3.05. The highest BCUT2D eigenvalue weighted by molar-refractivity contribution is 9.10. The normalized spacial score (nSPS) is 16.1. The van der Waals surface area contributed by atoms with Crippen molar-refractivity contribution in [2.45, 2.75) is 0 Å². The van der Waals surface area contributed by atoms with E-state index in [-0.39, 0.29) is 0 Å². The van der Waals surface area contributed by atoms with E-state index >= 15 is 0 Å². The van der Waals surface area contributed by atoms with Crippen LogP contribution in [0.2, 0.25) is 0 Å². The Kier molecular flexibility index (Phi) is 2.85. The van der Waals surface area contributed by atoms with Crippen LogP contribution in [0.5, 0.6) is 0 Å². The lowest BCUT2D eigenvalue weighted by Crippen LogP contribution is -2.44. The SMILES string of the molecule is Brc1ccc2c(c1)nc(N1CCNCC1)c1nccn12. The summed E-state index contributed by atoms with van der Waals surface area (Å²) in [6.45, 7) is 3.92. The van der Waals surface area contributed by atoms with Gasteiger partial charge in [-0.3, -0.25) is 4.40 Å². The van der Waals surface area contributed by atoms with E-state index in [2.05, 4.69) is 47.7 Å². The predicted octanol–water partition coefficient (Wildman–Crippen LogP) is 2.05. The molecule has 3 heterocycles. The topological polar surface area (TPSA) is 45.5 Å². The minimum absolute atomic E-state index is 0.932. The minimum Gasteiger partial charge on any atom is -0.351 e. The van der Waals surface area contributed by atoms with Crippen molar-refractivity contribution in [3.8, 4) is 0 Å². The molecule has 20 heavy (non-hydrogen) atoms. The Bertz CT molecular complexity index is 776. The molecular weight excluding hydrogens is 318 g/mol. The van der Waals surface area contributed by atoms with Crippen molar-refractivity contribution in [2.75, 3.05) is 31.1 Å². The highest BCUT2D eigenvalue weighted by atomic mass is 79.9. The van der Waals surface area contributed by atoms with Gasteiger partial charge in [-0.2, -0.15) is 0 Å². The molecule has 4 rings (SSSR count). The van der Waals surface area contributed by atoms with E-state index in [0.717, 1.165) is 53.2 Å². The molecule has 1 aliphatic heterocycles. The molecule has 0 spiro atoms. The van der Waals surface area contributed by atoms with E-state index in [1.165, 1.54) is 0 Å². The average molecular weight is 332 g/mol. The van der Waals surface area contributed by atoms with E-state index in [1.807, 2.05) is 18.5 Å². The van der Waals surface area contributed by atoms with Crippen LogP contribution in [0.3, 0.4) is 0 Å². The van der Waals surface area contributed by atoms with Crippen LogP contribution in [0.15, 0.2) is 35.1 Å². The predicted molar refractivity (Wildman–Crippen MR) is 83.3 cm³/mol. The van der Waals surface area contributed by atoms with Gasteiger partial charge in [0, 0.05) is 43.0 Å². The number of anilines is 1. The molecule has 0 atom stereocenters. The maximum absolute atomic E-state index is 4.84. The summed E-state index contributed by atoms with van der Waals surface area (Å²) in [6.07, 6.45) is 3.84. The van der Waals surface area contributed by atoms with Crippen LogP contribution in [0.4, 0.5) is 5.82 Å². The van der Waals surface area contributed by atoms with Crippen molar-refractivity contribution < 1.29 is 0 Å². The fraction of sp³-hybridized carbons (Fsp3) is 0.286. The molecule has 1 saturated heterocycles. The van der Waals surface area contributed by atoms with Gasteiger partial charge in [-0.15, -0.1) is 0 Å². The first kappa shape index (κ1) is 12.1. The molecule has 6 heteroatoms. The zero-order chi connectivity index (χ0) is 13.5. The lowest BCUT2D eigenvalue weighted by Gasteiger charge is -2.28. The molecule has 5 nitrogen and oxygen atoms in total. The van der Waals surface area contributed by atoms with Crippen molar-refractivity contribution in [3.05, 3.63) is 35.1 Å². The zero-order valence-electron chi connectivity index (χ0n) is 10.9. The molecule has 1 aromatic carbocycles. The van der Waals surface area contributed by atoms with Gasteiger partial charge in [-0.25, -0.2) is 9.97 Å². The summed E-state index contributed by atoms with van der Waals surface area (Å²) >= 11 is 3.52. The number of benzene rings is 1. The van der Waals surface area contributed by atoms with E-state index in [0.29, 0.717) is 0 Å². The number of fused-ring (bicyclic) bond motifs is 3. The molecule has 1 aliphatic rings. The summed E-state index contributed by atoms with van der Waals surface area (Å²) in [5, 5.41) is 3.37. The first-order chi connectivity index (χ1) is 9.83. The molecular formula is C14H14BrN5. The van der Waals surface area contributed by atoms with E-state index < -0.39 is 0 Å². The van der Waals surface area contributed by atoms with Gasteiger partial charge in [0.1, 0.15) is 0 Å². The summed E-state index contributed by atoms with van der Waals surface area (Å²) in [4.78, 5) is 11.6. The average Bonchev–Trinajstić information content (AvgIpc) is 2.96. The molecule has 1 fully saturated rings. The number of halogens is 1. The fourth-order valence-electron chi connectivity index (χ4n) is 2.71. The van der Waals surface area contributed by atoms with Gasteiger partial charge < -0.3 is 10.2 Å². The van der Waals surface area contributed by atoms with Crippen molar-refractivity contribution in [3.63, 3.8) is 0 Å². The summed E-state index contributed by atoms with van der Waals surface area (Å²) in [5.74, 6) is 0.974. The number of hydrogen-bond acceptors (Lipinski definition) is 4. The number of piperazine rings is 1. The number of nitrogens with one attached hydrogen (secondary N) is 1. The van der Waals surface area contributed by atoms with Gasteiger partial charge >= 0.3 is 0 Å². The van der Waals surface area contributed by atoms with Crippen LogP contribution in [-0.2, 0) is 0 Å². The Labute approximate surface area is 124 Å². The Morgan fingerprint density at radius 1 is 1.20 bits per heavy atom. The largest absolute Gasteiger partial charge is 0.351 e. The molecule has 0 amide bonds. The Morgan fingerprint density at radius 3 is 2.90 bits per heavy atom. The standard InChI is InChI=1S/C14H14BrN5/c15-10-1-2-12-11(9-10)18-14(13-17-5-8-20(12)13)19-6-3-16-4-7-19/h1-2,5,8-9,16H,3-4,6-7H2. The number of imidazole rings is 1. The van der Waals surface area contributed by atoms with Crippen molar-refractivity contribution in [1.29, 1.82) is 0 Å². The van der Waals surface area contributed by atoms with Gasteiger partial charge in [0.15, 0.2) is 11.5 Å². The lowest BCUT2D eigenvalue weighted by atomic mass is 10.3. The number of aromatic nitrogens is 3.